The van der Waals surface area contributed by atoms with E-state index < -0.39 is 21.6 Å². The number of carbonyl (C=O) groups is 1. The maximum absolute atomic E-state index is 13.0. The number of benzene rings is 2. The zero-order chi connectivity index (χ0) is 21.0. The number of furan rings is 1. The molecule has 7 nitrogen and oxygen atoms in total. The molecule has 0 aliphatic heterocycles. The molecule has 0 atom stereocenters. The summed E-state index contributed by atoms with van der Waals surface area (Å²) in [6, 6.07) is 11.1. The average Bonchev–Trinajstić information content (AvgIpc) is 3.27. The van der Waals surface area contributed by atoms with E-state index in [2.05, 4.69) is 0 Å². The van der Waals surface area contributed by atoms with Gasteiger partial charge >= 0.3 is 5.97 Å². The van der Waals surface area contributed by atoms with Gasteiger partial charge in [0.15, 0.2) is 9.84 Å². The fourth-order valence-electron chi connectivity index (χ4n) is 3.01. The van der Waals surface area contributed by atoms with Crippen molar-refractivity contribution in [2.75, 3.05) is 21.3 Å². The monoisotopic (exact) mass is 416 g/mol. The lowest BCUT2D eigenvalue weighted by Gasteiger charge is -2.16. The number of methoxy groups -OCH3 is 3. The van der Waals surface area contributed by atoms with Crippen LogP contribution in [0.25, 0.3) is 11.1 Å². The molecule has 0 N–H and O–H groups in total. The van der Waals surface area contributed by atoms with Gasteiger partial charge in [0, 0.05) is 11.1 Å². The first-order valence-corrected chi connectivity index (χ1v) is 10.2. The molecule has 0 saturated carbocycles. The van der Waals surface area contributed by atoms with Crippen molar-refractivity contribution in [3.05, 3.63) is 66.1 Å². The van der Waals surface area contributed by atoms with Crippen molar-refractivity contribution in [2.24, 2.45) is 0 Å². The van der Waals surface area contributed by atoms with Gasteiger partial charge in [0.1, 0.15) is 17.1 Å². The van der Waals surface area contributed by atoms with E-state index in [4.69, 9.17) is 18.6 Å². The lowest BCUT2D eigenvalue weighted by Crippen LogP contribution is -2.13. The molecule has 152 valence electrons. The summed E-state index contributed by atoms with van der Waals surface area (Å²) in [6.07, 6.45) is 3.00. The number of hydrogen-bond donors (Lipinski definition) is 0. The van der Waals surface area contributed by atoms with Crippen molar-refractivity contribution >= 4 is 15.8 Å². The highest BCUT2D eigenvalue weighted by Crippen LogP contribution is 2.37. The third-order valence-corrected chi connectivity index (χ3v) is 6.08. The van der Waals surface area contributed by atoms with Gasteiger partial charge in [-0.1, -0.05) is 18.2 Å². The van der Waals surface area contributed by atoms with E-state index in [0.29, 0.717) is 16.9 Å². The summed E-state index contributed by atoms with van der Waals surface area (Å²) in [5, 5.41) is 0. The van der Waals surface area contributed by atoms with E-state index >= 15 is 0 Å². The van der Waals surface area contributed by atoms with Crippen molar-refractivity contribution in [1.82, 2.24) is 0 Å². The van der Waals surface area contributed by atoms with Gasteiger partial charge in [-0.15, -0.1) is 0 Å². The van der Waals surface area contributed by atoms with Gasteiger partial charge in [0.05, 0.1) is 44.5 Å². The highest BCUT2D eigenvalue weighted by Gasteiger charge is 2.26. The van der Waals surface area contributed by atoms with E-state index in [1.54, 1.807) is 30.3 Å². The minimum Gasteiger partial charge on any atom is -0.497 e. The molecule has 0 spiro atoms. The third-order valence-electron chi connectivity index (χ3n) is 4.42. The molecule has 0 fully saturated rings. The van der Waals surface area contributed by atoms with Crippen LogP contribution in [0.1, 0.15) is 15.9 Å². The van der Waals surface area contributed by atoms with Crippen LogP contribution >= 0.6 is 0 Å². The number of carbonyl (C=O) groups excluding carboxylic acids is 1. The molecular formula is C21H20O7S. The Balaban J connectivity index is 2.12. The Labute approximate surface area is 168 Å². The molecule has 8 heteroatoms. The Kier molecular flexibility index (Phi) is 5.93. The highest BCUT2D eigenvalue weighted by molar-refractivity contribution is 7.90. The lowest BCUT2D eigenvalue weighted by atomic mass is 9.99. The lowest BCUT2D eigenvalue weighted by molar-refractivity contribution is 0.0596. The van der Waals surface area contributed by atoms with Gasteiger partial charge < -0.3 is 18.6 Å². The fraction of sp³-hybridized carbons (Fsp3) is 0.190. The van der Waals surface area contributed by atoms with Crippen LogP contribution in [-0.4, -0.2) is 35.7 Å². The van der Waals surface area contributed by atoms with E-state index in [1.165, 1.54) is 46.0 Å². The van der Waals surface area contributed by atoms with Crippen LogP contribution in [0.15, 0.2) is 64.3 Å². The first-order valence-electron chi connectivity index (χ1n) is 8.59. The quantitative estimate of drug-likeness (QED) is 0.542. The summed E-state index contributed by atoms with van der Waals surface area (Å²) in [6.45, 7) is 0. The summed E-state index contributed by atoms with van der Waals surface area (Å²) in [4.78, 5) is 12.6. The molecule has 0 saturated heterocycles. The SMILES string of the molecule is COC(=O)c1c(CS(=O)(=O)c2cccc(OC)c2)ccc(-c2ccoc2)c1OC. The van der Waals surface area contributed by atoms with Gasteiger partial charge in [-0.05, 0) is 29.8 Å². The largest absolute Gasteiger partial charge is 0.497 e. The van der Waals surface area contributed by atoms with Gasteiger partial charge in [-0.25, -0.2) is 13.2 Å². The molecule has 1 aromatic heterocycles. The maximum atomic E-state index is 13.0. The second kappa shape index (κ2) is 8.40. The number of hydrogen-bond acceptors (Lipinski definition) is 7. The standard InChI is InChI=1S/C21H20O7S/c1-25-16-5-4-6-17(11-16)29(23,24)13-15-7-8-18(14-9-10-28-12-14)20(26-2)19(15)21(22)27-3/h4-12H,13H2,1-3H3. The number of ether oxygens (including phenoxy) is 3. The predicted octanol–water partition coefficient (Wildman–Crippen LogP) is 3.72. The van der Waals surface area contributed by atoms with Gasteiger partial charge in [-0.3, -0.25) is 0 Å². The van der Waals surface area contributed by atoms with Crippen molar-refractivity contribution < 1.29 is 31.8 Å². The first kappa shape index (κ1) is 20.5. The zero-order valence-electron chi connectivity index (χ0n) is 16.2. The van der Waals surface area contributed by atoms with Crippen molar-refractivity contribution in [2.45, 2.75) is 10.6 Å². The highest BCUT2D eigenvalue weighted by atomic mass is 32.2. The average molecular weight is 416 g/mol. The normalized spacial score (nSPS) is 11.1. The Morgan fingerprint density at radius 2 is 1.83 bits per heavy atom. The summed E-state index contributed by atoms with van der Waals surface area (Å²) < 4.78 is 46.5. The van der Waals surface area contributed by atoms with Gasteiger partial charge in [0.25, 0.3) is 0 Å². The van der Waals surface area contributed by atoms with Crippen molar-refractivity contribution in [3.63, 3.8) is 0 Å². The van der Waals surface area contributed by atoms with Crippen LogP contribution in [0, 0.1) is 0 Å². The van der Waals surface area contributed by atoms with Crippen molar-refractivity contribution in [1.29, 1.82) is 0 Å². The minimum absolute atomic E-state index is 0.0557. The van der Waals surface area contributed by atoms with Crippen LogP contribution < -0.4 is 9.47 Å². The Morgan fingerprint density at radius 1 is 1.03 bits per heavy atom. The van der Waals surface area contributed by atoms with E-state index in [0.717, 1.165) is 0 Å². The zero-order valence-corrected chi connectivity index (χ0v) is 17.0. The first-order chi connectivity index (χ1) is 13.9. The molecular weight excluding hydrogens is 396 g/mol. The van der Waals surface area contributed by atoms with Crippen LogP contribution in [0.2, 0.25) is 0 Å². The topological polar surface area (TPSA) is 92.0 Å². The second-order valence-corrected chi connectivity index (χ2v) is 8.11. The van der Waals surface area contributed by atoms with E-state index in [9.17, 15) is 13.2 Å². The molecule has 0 amide bonds. The Hall–Kier alpha value is -3.26. The minimum atomic E-state index is -3.76. The maximum Gasteiger partial charge on any atom is 0.341 e. The van der Waals surface area contributed by atoms with E-state index in [1.807, 2.05) is 0 Å². The predicted molar refractivity (Wildman–Crippen MR) is 106 cm³/mol. The molecule has 3 aromatic rings. The molecule has 0 bridgehead atoms. The molecule has 0 aliphatic carbocycles. The Bertz CT molecular complexity index is 1120. The van der Waals surface area contributed by atoms with Crippen LogP contribution in [0.3, 0.4) is 0 Å². The number of rotatable bonds is 7. The molecule has 0 radical (unpaired) electrons. The third kappa shape index (κ3) is 4.12. The summed E-state index contributed by atoms with van der Waals surface area (Å²) in [5.74, 6) is -0.459. The smallest absolute Gasteiger partial charge is 0.341 e. The number of sulfone groups is 1. The van der Waals surface area contributed by atoms with Gasteiger partial charge in [0.2, 0.25) is 0 Å². The summed E-state index contributed by atoms with van der Waals surface area (Å²) in [5.41, 5.74) is 1.60. The second-order valence-electron chi connectivity index (χ2n) is 6.12. The van der Waals surface area contributed by atoms with Gasteiger partial charge in [-0.2, -0.15) is 0 Å². The van der Waals surface area contributed by atoms with Crippen LogP contribution in [-0.2, 0) is 20.3 Å². The Morgan fingerprint density at radius 3 is 2.45 bits per heavy atom. The molecule has 2 aromatic carbocycles. The molecule has 3 rings (SSSR count). The summed E-state index contributed by atoms with van der Waals surface area (Å²) in [7, 11) is 0.332. The van der Waals surface area contributed by atoms with Crippen LogP contribution in [0.4, 0.5) is 0 Å². The fourth-order valence-corrected chi connectivity index (χ4v) is 4.41. The molecule has 1 heterocycles. The number of esters is 1. The molecule has 0 aliphatic rings. The summed E-state index contributed by atoms with van der Waals surface area (Å²) >= 11 is 0. The van der Waals surface area contributed by atoms with E-state index in [-0.39, 0.29) is 21.8 Å². The van der Waals surface area contributed by atoms with Crippen molar-refractivity contribution in [3.8, 4) is 22.6 Å². The molecule has 0 unspecified atom stereocenters. The molecule has 29 heavy (non-hydrogen) atoms. The van der Waals surface area contributed by atoms with Crippen LogP contribution in [0.5, 0.6) is 11.5 Å².